The Labute approximate surface area is 80.8 Å². The molecule has 1 rings (SSSR count). The van der Waals surface area contributed by atoms with Gasteiger partial charge < -0.3 is 15.4 Å². The Balaban J connectivity index is 2.95. The smallest absolute Gasteiger partial charge is 0.336 e. The Hall–Kier alpha value is -1.78. The molecule has 5 heteroatoms. The van der Waals surface area contributed by atoms with Crippen LogP contribution in [0.4, 0.5) is 5.82 Å². The predicted octanol–water partition coefficient (Wildman–Crippen LogP) is 0.895. The molecular weight excluding hydrogens is 184 g/mol. The molecular formula is C9H12N2O3. The van der Waals surface area contributed by atoms with Crippen LogP contribution in [0.1, 0.15) is 23.7 Å². The molecule has 0 spiro atoms. The van der Waals surface area contributed by atoms with E-state index in [2.05, 4.69) is 10.3 Å². The first-order valence-corrected chi connectivity index (χ1v) is 4.35. The lowest BCUT2D eigenvalue weighted by atomic mass is 10.2. The van der Waals surface area contributed by atoms with Crippen LogP contribution in [0.25, 0.3) is 0 Å². The quantitative estimate of drug-likeness (QED) is 0.668. The molecule has 0 amide bonds. The molecule has 0 aromatic carbocycles. The first-order valence-electron chi connectivity index (χ1n) is 4.35. The third kappa shape index (κ3) is 2.62. The van der Waals surface area contributed by atoms with E-state index in [0.29, 0.717) is 12.4 Å². The number of rotatable bonds is 4. The van der Waals surface area contributed by atoms with E-state index in [1.54, 1.807) is 0 Å². The predicted molar refractivity (Wildman–Crippen MR) is 52.8 cm³/mol. The monoisotopic (exact) mass is 196 g/mol. The number of hydrogen-bond acceptors (Lipinski definition) is 3. The first-order chi connectivity index (χ1) is 6.63. The Morgan fingerprint density at radius 2 is 2.29 bits per heavy atom. The summed E-state index contributed by atoms with van der Waals surface area (Å²) in [4.78, 5) is 24.1. The van der Waals surface area contributed by atoms with Crippen molar-refractivity contribution in [2.45, 2.75) is 13.3 Å². The van der Waals surface area contributed by atoms with Gasteiger partial charge in [-0.2, -0.15) is 0 Å². The molecule has 14 heavy (non-hydrogen) atoms. The van der Waals surface area contributed by atoms with Gasteiger partial charge in [-0.3, -0.25) is 4.79 Å². The molecule has 1 aromatic heterocycles. The van der Waals surface area contributed by atoms with Gasteiger partial charge in [-0.15, -0.1) is 0 Å². The van der Waals surface area contributed by atoms with E-state index >= 15 is 0 Å². The number of aromatic carboxylic acids is 1. The lowest BCUT2D eigenvalue weighted by Crippen LogP contribution is -2.13. The lowest BCUT2D eigenvalue weighted by molar-refractivity contribution is 0.0696. The number of pyridine rings is 1. The number of carbonyl (C=O) groups is 1. The third-order valence-electron chi connectivity index (χ3n) is 1.66. The molecule has 0 aliphatic heterocycles. The number of anilines is 1. The van der Waals surface area contributed by atoms with E-state index in [-0.39, 0.29) is 5.56 Å². The van der Waals surface area contributed by atoms with Gasteiger partial charge in [0.2, 0.25) is 5.56 Å². The molecule has 0 aliphatic rings. The Bertz CT molecular complexity index is 384. The van der Waals surface area contributed by atoms with Crippen molar-refractivity contribution in [3.63, 3.8) is 0 Å². The average Bonchev–Trinajstić information content (AvgIpc) is 2.14. The van der Waals surface area contributed by atoms with Gasteiger partial charge in [0.15, 0.2) is 0 Å². The summed E-state index contributed by atoms with van der Waals surface area (Å²) in [5, 5.41) is 11.6. The minimum absolute atomic E-state index is 0.00708. The van der Waals surface area contributed by atoms with E-state index in [9.17, 15) is 9.59 Å². The van der Waals surface area contributed by atoms with E-state index in [1.165, 1.54) is 6.07 Å². The van der Waals surface area contributed by atoms with Gasteiger partial charge in [-0.25, -0.2) is 4.79 Å². The molecule has 0 radical (unpaired) electrons. The maximum Gasteiger partial charge on any atom is 0.336 e. The maximum atomic E-state index is 11.0. The highest BCUT2D eigenvalue weighted by atomic mass is 16.4. The average molecular weight is 196 g/mol. The molecule has 0 atom stereocenters. The fourth-order valence-corrected chi connectivity index (χ4v) is 1.02. The summed E-state index contributed by atoms with van der Waals surface area (Å²) in [7, 11) is 0. The van der Waals surface area contributed by atoms with Crippen LogP contribution in [-0.4, -0.2) is 22.6 Å². The second kappa shape index (κ2) is 4.45. The minimum Gasteiger partial charge on any atom is -0.478 e. The largest absolute Gasteiger partial charge is 0.478 e. The zero-order valence-corrected chi connectivity index (χ0v) is 7.83. The van der Waals surface area contributed by atoms with E-state index in [1.807, 2.05) is 6.92 Å². The molecule has 0 fully saturated rings. The summed E-state index contributed by atoms with van der Waals surface area (Å²) in [5.41, 5.74) is -0.421. The van der Waals surface area contributed by atoms with Crippen molar-refractivity contribution in [1.29, 1.82) is 0 Å². The highest BCUT2D eigenvalue weighted by Gasteiger charge is 2.05. The highest BCUT2D eigenvalue weighted by Crippen LogP contribution is 2.03. The van der Waals surface area contributed by atoms with Crippen molar-refractivity contribution >= 4 is 11.8 Å². The zero-order valence-electron chi connectivity index (χ0n) is 7.83. The Morgan fingerprint density at radius 1 is 1.57 bits per heavy atom. The molecule has 0 aliphatic carbocycles. The number of aromatic nitrogens is 1. The summed E-state index contributed by atoms with van der Waals surface area (Å²) in [5.74, 6) is -0.660. The van der Waals surface area contributed by atoms with Crippen LogP contribution in [-0.2, 0) is 0 Å². The fraction of sp³-hybridized carbons (Fsp3) is 0.333. The number of nitrogens with one attached hydrogen (secondary N) is 2. The molecule has 1 aromatic rings. The summed E-state index contributed by atoms with van der Waals surface area (Å²) in [6.07, 6.45) is 0.902. The Morgan fingerprint density at radius 3 is 2.86 bits per heavy atom. The molecule has 0 unspecified atom stereocenters. The summed E-state index contributed by atoms with van der Waals surface area (Å²) < 4.78 is 0. The maximum absolute atomic E-state index is 11.0. The zero-order chi connectivity index (χ0) is 10.6. The highest BCUT2D eigenvalue weighted by molar-refractivity contribution is 5.88. The summed E-state index contributed by atoms with van der Waals surface area (Å²) in [6, 6.07) is 2.46. The Kier molecular flexibility index (Phi) is 3.28. The number of carboxylic acids is 1. The van der Waals surface area contributed by atoms with Crippen molar-refractivity contribution in [2.24, 2.45) is 0 Å². The molecule has 5 nitrogen and oxygen atoms in total. The van der Waals surface area contributed by atoms with Gasteiger partial charge in [0.05, 0.1) is 5.56 Å². The van der Waals surface area contributed by atoms with Crippen LogP contribution < -0.4 is 10.9 Å². The SMILES string of the molecule is CCCNc1cc(C(=O)O)cc(=O)[nH]1. The van der Waals surface area contributed by atoms with Crippen LogP contribution in [0.2, 0.25) is 0 Å². The molecule has 76 valence electrons. The van der Waals surface area contributed by atoms with Crippen molar-refractivity contribution in [2.75, 3.05) is 11.9 Å². The van der Waals surface area contributed by atoms with Gasteiger partial charge in [0, 0.05) is 12.6 Å². The topological polar surface area (TPSA) is 82.2 Å². The molecule has 0 saturated carbocycles. The van der Waals surface area contributed by atoms with Crippen molar-refractivity contribution in [3.8, 4) is 0 Å². The van der Waals surface area contributed by atoms with Crippen LogP contribution in [0.5, 0.6) is 0 Å². The number of carboxylic acid groups (broad SMARTS) is 1. The van der Waals surface area contributed by atoms with E-state index in [0.717, 1.165) is 12.5 Å². The van der Waals surface area contributed by atoms with Gasteiger partial charge in [-0.1, -0.05) is 6.92 Å². The second-order valence-corrected chi connectivity index (χ2v) is 2.88. The van der Waals surface area contributed by atoms with Gasteiger partial charge >= 0.3 is 5.97 Å². The van der Waals surface area contributed by atoms with Crippen molar-refractivity contribution < 1.29 is 9.90 Å². The normalized spacial score (nSPS) is 9.79. The van der Waals surface area contributed by atoms with Crippen LogP contribution in [0.15, 0.2) is 16.9 Å². The molecule has 1 heterocycles. The fourth-order valence-electron chi connectivity index (χ4n) is 1.02. The van der Waals surface area contributed by atoms with Gasteiger partial charge in [0.25, 0.3) is 0 Å². The summed E-state index contributed by atoms with van der Waals surface area (Å²) in [6.45, 7) is 2.67. The summed E-state index contributed by atoms with van der Waals surface area (Å²) >= 11 is 0. The second-order valence-electron chi connectivity index (χ2n) is 2.88. The lowest BCUT2D eigenvalue weighted by Gasteiger charge is -2.04. The number of H-pyrrole nitrogens is 1. The van der Waals surface area contributed by atoms with Crippen molar-refractivity contribution in [3.05, 3.63) is 28.0 Å². The van der Waals surface area contributed by atoms with Crippen molar-refractivity contribution in [1.82, 2.24) is 4.98 Å². The number of hydrogen-bond donors (Lipinski definition) is 3. The third-order valence-corrected chi connectivity index (χ3v) is 1.66. The van der Waals surface area contributed by atoms with Gasteiger partial charge in [-0.05, 0) is 12.5 Å². The van der Waals surface area contributed by atoms with Crippen LogP contribution >= 0.6 is 0 Å². The van der Waals surface area contributed by atoms with Gasteiger partial charge in [0.1, 0.15) is 5.82 Å². The van der Waals surface area contributed by atoms with E-state index < -0.39 is 11.5 Å². The minimum atomic E-state index is -1.10. The standard InChI is InChI=1S/C9H12N2O3/c1-2-3-10-7-4-6(9(13)14)5-8(12)11-7/h4-5H,2-3H2,1H3,(H,13,14)(H2,10,11,12). The van der Waals surface area contributed by atoms with Crippen LogP contribution in [0.3, 0.4) is 0 Å². The first kappa shape index (κ1) is 10.3. The van der Waals surface area contributed by atoms with E-state index in [4.69, 9.17) is 5.11 Å². The van der Waals surface area contributed by atoms with Crippen LogP contribution in [0, 0.1) is 0 Å². The molecule has 3 N–H and O–H groups in total. The number of aromatic amines is 1. The molecule has 0 saturated heterocycles. The molecule has 0 bridgehead atoms.